The van der Waals surface area contributed by atoms with Crippen molar-refractivity contribution in [3.8, 4) is 0 Å². The predicted octanol–water partition coefficient (Wildman–Crippen LogP) is 4.86. The molecule has 1 fully saturated rings. The first-order valence-electron chi connectivity index (χ1n) is 11.7. The van der Waals surface area contributed by atoms with E-state index in [1.807, 2.05) is 44.3 Å². The maximum Gasteiger partial charge on any atom is 0.408 e. The van der Waals surface area contributed by atoms with Crippen LogP contribution in [0.4, 0.5) is 16.3 Å². The van der Waals surface area contributed by atoms with Crippen molar-refractivity contribution in [2.45, 2.75) is 57.7 Å². The molecule has 0 radical (unpaired) electrons. The van der Waals surface area contributed by atoms with Gasteiger partial charge in [-0.3, -0.25) is 0 Å². The maximum atomic E-state index is 12.8. The fourth-order valence-electron chi connectivity index (χ4n) is 5.40. The van der Waals surface area contributed by atoms with Gasteiger partial charge in [-0.2, -0.15) is 5.10 Å². The molecule has 5 rings (SSSR count). The smallest absolute Gasteiger partial charge is 0.408 e. The number of nitrogens with zero attached hydrogens (tertiary/aromatic N) is 5. The number of hydrogen-bond donors (Lipinski definition) is 1. The molecule has 1 amide bonds. The van der Waals surface area contributed by atoms with Gasteiger partial charge in [0.2, 0.25) is 0 Å². The van der Waals surface area contributed by atoms with Gasteiger partial charge in [-0.25, -0.2) is 14.3 Å². The number of halogens is 1. The number of anilines is 2. The molecule has 1 aromatic carbocycles. The van der Waals surface area contributed by atoms with Crippen molar-refractivity contribution in [3.05, 3.63) is 52.4 Å². The van der Waals surface area contributed by atoms with Crippen molar-refractivity contribution >= 4 is 39.0 Å². The van der Waals surface area contributed by atoms with Crippen LogP contribution in [0.2, 0.25) is 0 Å². The SMILES string of the molecule is Cc1nc(N2CCC3(CC2)[C@H](NC(=O)OC(C)(C)C)c2ccccc2N3C)c2ccnn2c1Br. The van der Waals surface area contributed by atoms with E-state index in [1.165, 1.54) is 0 Å². The minimum Gasteiger partial charge on any atom is -0.444 e. The van der Waals surface area contributed by atoms with Crippen LogP contribution in [0.3, 0.4) is 0 Å². The number of para-hydroxylation sites is 1. The highest BCUT2D eigenvalue weighted by Crippen LogP contribution is 2.50. The number of ether oxygens (including phenoxy) is 1. The quantitative estimate of drug-likeness (QED) is 0.514. The molecule has 8 nitrogen and oxygen atoms in total. The second kappa shape index (κ2) is 8.15. The molecule has 0 bridgehead atoms. The molecule has 1 saturated heterocycles. The van der Waals surface area contributed by atoms with Gasteiger partial charge in [-0.15, -0.1) is 0 Å². The monoisotopic (exact) mass is 526 g/mol. The largest absolute Gasteiger partial charge is 0.444 e. The van der Waals surface area contributed by atoms with E-state index in [0.717, 1.165) is 58.8 Å². The molecule has 34 heavy (non-hydrogen) atoms. The number of carbonyl (C=O) groups excluding carboxylic acids is 1. The molecule has 180 valence electrons. The minimum atomic E-state index is -0.549. The molecule has 2 aromatic heterocycles. The molecule has 3 aromatic rings. The number of likely N-dealkylation sites (N-methyl/N-ethyl adjacent to an activating group) is 1. The lowest BCUT2D eigenvalue weighted by Crippen LogP contribution is -2.58. The summed E-state index contributed by atoms with van der Waals surface area (Å²) in [5.74, 6) is 0.947. The number of nitrogens with one attached hydrogen (secondary N) is 1. The fraction of sp³-hybridized carbons (Fsp3) is 0.480. The molecule has 1 N–H and O–H groups in total. The summed E-state index contributed by atoms with van der Waals surface area (Å²) in [4.78, 5) is 22.4. The van der Waals surface area contributed by atoms with Crippen LogP contribution in [0.1, 0.15) is 50.9 Å². The molecule has 1 spiro atoms. The molecule has 2 aliphatic rings. The summed E-state index contributed by atoms with van der Waals surface area (Å²) in [6.07, 6.45) is 3.17. The first-order valence-corrected chi connectivity index (χ1v) is 12.5. The van der Waals surface area contributed by atoms with Gasteiger partial charge in [0.1, 0.15) is 15.7 Å². The summed E-state index contributed by atoms with van der Waals surface area (Å²) in [6, 6.07) is 10.2. The maximum absolute atomic E-state index is 12.8. The third-order valence-corrected chi connectivity index (χ3v) is 7.94. The van der Waals surface area contributed by atoms with Crippen molar-refractivity contribution in [1.29, 1.82) is 0 Å². The van der Waals surface area contributed by atoms with E-state index in [1.54, 1.807) is 6.20 Å². The summed E-state index contributed by atoms with van der Waals surface area (Å²) in [6.45, 7) is 9.29. The number of piperidine rings is 1. The van der Waals surface area contributed by atoms with Gasteiger partial charge in [0.25, 0.3) is 0 Å². The predicted molar refractivity (Wildman–Crippen MR) is 137 cm³/mol. The van der Waals surface area contributed by atoms with Crippen molar-refractivity contribution in [3.63, 3.8) is 0 Å². The summed E-state index contributed by atoms with van der Waals surface area (Å²) in [5.41, 5.74) is 3.40. The lowest BCUT2D eigenvalue weighted by molar-refractivity contribution is 0.0472. The Balaban J connectivity index is 1.45. The average Bonchev–Trinajstić information content (AvgIpc) is 3.35. The summed E-state index contributed by atoms with van der Waals surface area (Å²) in [5, 5.41) is 7.67. The molecular formula is C25H31BrN6O2. The van der Waals surface area contributed by atoms with Crippen LogP contribution in [0, 0.1) is 6.92 Å². The highest BCUT2D eigenvalue weighted by atomic mass is 79.9. The number of hydrogen-bond acceptors (Lipinski definition) is 6. The molecule has 9 heteroatoms. The normalized spacial score (nSPS) is 19.5. The Labute approximate surface area is 208 Å². The second-order valence-electron chi connectivity index (χ2n) is 10.2. The van der Waals surface area contributed by atoms with E-state index in [9.17, 15) is 4.79 Å². The molecule has 4 heterocycles. The lowest BCUT2D eigenvalue weighted by atomic mass is 9.80. The third kappa shape index (κ3) is 3.70. The topological polar surface area (TPSA) is 75.0 Å². The summed E-state index contributed by atoms with van der Waals surface area (Å²) in [7, 11) is 2.14. The van der Waals surface area contributed by atoms with Crippen LogP contribution < -0.4 is 15.1 Å². The van der Waals surface area contributed by atoms with Crippen LogP contribution in [0.15, 0.2) is 41.1 Å². The lowest BCUT2D eigenvalue weighted by Gasteiger charge is -2.48. The van der Waals surface area contributed by atoms with Crippen molar-refractivity contribution in [2.24, 2.45) is 0 Å². The second-order valence-corrected chi connectivity index (χ2v) is 11.0. The van der Waals surface area contributed by atoms with Gasteiger partial charge < -0.3 is 19.9 Å². The Kier molecular flexibility index (Phi) is 5.50. The molecule has 0 saturated carbocycles. The van der Waals surface area contributed by atoms with E-state index in [4.69, 9.17) is 9.72 Å². The van der Waals surface area contributed by atoms with E-state index >= 15 is 0 Å². The Morgan fingerprint density at radius 1 is 1.21 bits per heavy atom. The van der Waals surface area contributed by atoms with Crippen LogP contribution in [0.5, 0.6) is 0 Å². The number of fused-ring (bicyclic) bond motifs is 2. The van der Waals surface area contributed by atoms with Gasteiger partial charge >= 0.3 is 6.09 Å². The number of aromatic nitrogens is 3. The molecule has 0 unspecified atom stereocenters. The summed E-state index contributed by atoms with van der Waals surface area (Å²) < 4.78 is 8.40. The van der Waals surface area contributed by atoms with Crippen LogP contribution in [-0.4, -0.2) is 52.0 Å². The summed E-state index contributed by atoms with van der Waals surface area (Å²) >= 11 is 3.60. The number of benzene rings is 1. The highest BCUT2D eigenvalue weighted by Gasteiger charge is 2.52. The van der Waals surface area contributed by atoms with Gasteiger partial charge in [0.15, 0.2) is 5.82 Å². The fourth-order valence-corrected chi connectivity index (χ4v) is 5.78. The number of rotatable bonds is 2. The van der Waals surface area contributed by atoms with Gasteiger partial charge in [-0.05, 0) is 68.6 Å². The van der Waals surface area contributed by atoms with Gasteiger partial charge in [0, 0.05) is 31.4 Å². The standard InChI is InChI=1S/C25H31BrN6O2/c1-16-21(26)32-19(10-13-27-32)22(28-16)31-14-11-25(12-15-31)20(29-23(33)34-24(2,3)4)17-8-6-7-9-18(17)30(25)5/h6-10,13,20H,11-12,14-15H2,1-5H3,(H,29,33)/t20-/m1/s1. The Hall–Kier alpha value is -2.81. The zero-order valence-electron chi connectivity index (χ0n) is 20.3. The van der Waals surface area contributed by atoms with E-state index in [2.05, 4.69) is 61.4 Å². The third-order valence-electron chi connectivity index (χ3n) is 7.03. The molecule has 1 atom stereocenters. The van der Waals surface area contributed by atoms with Crippen molar-refractivity contribution < 1.29 is 9.53 Å². The van der Waals surface area contributed by atoms with Crippen molar-refractivity contribution in [2.75, 3.05) is 29.9 Å². The minimum absolute atomic E-state index is 0.153. The van der Waals surface area contributed by atoms with Crippen LogP contribution in [-0.2, 0) is 4.74 Å². The van der Waals surface area contributed by atoms with E-state index < -0.39 is 5.60 Å². The first kappa shape index (κ1) is 23.0. The Morgan fingerprint density at radius 3 is 2.62 bits per heavy atom. The Morgan fingerprint density at radius 2 is 1.91 bits per heavy atom. The first-order chi connectivity index (χ1) is 16.1. The van der Waals surface area contributed by atoms with E-state index in [0.29, 0.717) is 0 Å². The van der Waals surface area contributed by atoms with Crippen LogP contribution >= 0.6 is 15.9 Å². The number of carbonyl (C=O) groups is 1. The zero-order valence-corrected chi connectivity index (χ0v) is 21.9. The highest BCUT2D eigenvalue weighted by molar-refractivity contribution is 9.10. The Bertz CT molecular complexity index is 1240. The van der Waals surface area contributed by atoms with Crippen LogP contribution in [0.25, 0.3) is 5.52 Å². The molecule has 0 aliphatic carbocycles. The molecular weight excluding hydrogens is 496 g/mol. The average molecular weight is 527 g/mol. The number of aryl methyl sites for hydroxylation is 1. The molecule has 2 aliphatic heterocycles. The number of amides is 1. The van der Waals surface area contributed by atoms with Crippen molar-refractivity contribution in [1.82, 2.24) is 19.9 Å². The number of alkyl carbamates (subject to hydrolysis) is 1. The van der Waals surface area contributed by atoms with Gasteiger partial charge in [0.05, 0.1) is 23.5 Å². The van der Waals surface area contributed by atoms with Gasteiger partial charge in [-0.1, -0.05) is 18.2 Å². The van der Waals surface area contributed by atoms with E-state index in [-0.39, 0.29) is 17.7 Å². The zero-order chi connectivity index (χ0) is 24.3.